The monoisotopic (exact) mass is 280 g/mol. The van der Waals surface area contributed by atoms with E-state index in [2.05, 4.69) is 17.2 Å². The average molecular weight is 280 g/mol. The van der Waals surface area contributed by atoms with Crippen molar-refractivity contribution in [3.05, 3.63) is 29.8 Å². The van der Waals surface area contributed by atoms with E-state index in [-0.39, 0.29) is 5.84 Å². The summed E-state index contributed by atoms with van der Waals surface area (Å²) >= 11 is 3.75. The minimum absolute atomic E-state index is 0.0751. The fourth-order valence-electron chi connectivity index (χ4n) is 1.96. The third kappa shape index (κ3) is 2.50. The highest BCUT2D eigenvalue weighted by molar-refractivity contribution is 7.79. The Bertz CT molecular complexity index is 506. The van der Waals surface area contributed by atoms with E-state index in [9.17, 15) is 13.2 Å². The summed E-state index contributed by atoms with van der Waals surface area (Å²) in [4.78, 5) is 1.04. The van der Waals surface area contributed by atoms with Gasteiger partial charge in [0.2, 0.25) is 0 Å². The number of likely N-dealkylation sites (tertiary alicyclic amines) is 1. The topological polar surface area (TPSA) is 15.6 Å². The van der Waals surface area contributed by atoms with Crippen molar-refractivity contribution >= 4 is 39.8 Å². The van der Waals surface area contributed by atoms with Crippen LogP contribution in [0, 0.1) is 0 Å². The SMILES string of the molecule is [B]c1ccccc1/C(=N\S)N1CC([B])(F)C(F)(F)C1. The predicted molar refractivity (Wildman–Crippen MR) is 73.5 cm³/mol. The average Bonchev–Trinajstić information content (AvgIpc) is 2.51. The maximum absolute atomic E-state index is 13.6. The second-order valence-electron chi connectivity index (χ2n) is 4.43. The van der Waals surface area contributed by atoms with Crippen molar-refractivity contribution in [2.45, 2.75) is 11.5 Å². The summed E-state index contributed by atoms with van der Waals surface area (Å²) in [6.07, 6.45) is 0. The van der Waals surface area contributed by atoms with Gasteiger partial charge in [-0.1, -0.05) is 29.7 Å². The van der Waals surface area contributed by atoms with Crippen molar-refractivity contribution in [2.24, 2.45) is 4.40 Å². The fraction of sp³-hybridized carbons (Fsp3) is 0.364. The molecule has 0 N–H and O–H groups in total. The lowest BCUT2D eigenvalue weighted by molar-refractivity contribution is -0.0587. The predicted octanol–water partition coefficient (Wildman–Crippen LogP) is 0.857. The van der Waals surface area contributed by atoms with Gasteiger partial charge in [0.25, 0.3) is 5.92 Å². The van der Waals surface area contributed by atoms with Crippen LogP contribution >= 0.6 is 12.8 Å². The quantitative estimate of drug-likeness (QED) is 0.349. The fourth-order valence-corrected chi connectivity index (χ4v) is 2.19. The normalized spacial score (nSPS) is 26.7. The molecule has 0 spiro atoms. The van der Waals surface area contributed by atoms with Crippen LogP contribution in [0.1, 0.15) is 5.56 Å². The highest BCUT2D eigenvalue weighted by Crippen LogP contribution is 2.38. The summed E-state index contributed by atoms with van der Waals surface area (Å²) in [7, 11) is 10.7. The second kappa shape index (κ2) is 4.81. The summed E-state index contributed by atoms with van der Waals surface area (Å²) in [5, 5.41) is 0. The van der Waals surface area contributed by atoms with Crippen molar-refractivity contribution in [1.29, 1.82) is 0 Å². The molecule has 1 aliphatic heterocycles. The molecule has 0 bridgehead atoms. The molecule has 2 rings (SSSR count). The Morgan fingerprint density at radius 3 is 2.37 bits per heavy atom. The van der Waals surface area contributed by atoms with Crippen molar-refractivity contribution in [3.63, 3.8) is 0 Å². The Morgan fingerprint density at radius 1 is 1.26 bits per heavy atom. The molecule has 1 saturated heterocycles. The number of thiol groups is 1. The molecule has 2 nitrogen and oxygen atoms in total. The molecule has 96 valence electrons. The van der Waals surface area contributed by atoms with E-state index >= 15 is 0 Å². The van der Waals surface area contributed by atoms with Gasteiger partial charge in [-0.2, -0.15) is 0 Å². The zero-order valence-electron chi connectivity index (χ0n) is 9.85. The van der Waals surface area contributed by atoms with Crippen molar-refractivity contribution in [2.75, 3.05) is 13.1 Å². The third-order valence-corrected chi connectivity index (χ3v) is 3.20. The molecule has 1 atom stereocenters. The summed E-state index contributed by atoms with van der Waals surface area (Å²) in [5.74, 6) is -3.58. The van der Waals surface area contributed by atoms with Gasteiger partial charge in [0.1, 0.15) is 27.1 Å². The number of benzene rings is 1. The van der Waals surface area contributed by atoms with Crippen LogP contribution in [0.15, 0.2) is 28.7 Å². The lowest BCUT2D eigenvalue weighted by Gasteiger charge is -2.21. The molecule has 8 heteroatoms. The number of halogens is 3. The molecule has 0 saturated carbocycles. The molecule has 1 aromatic rings. The first-order valence-electron chi connectivity index (χ1n) is 5.46. The van der Waals surface area contributed by atoms with Gasteiger partial charge < -0.3 is 4.90 Å². The maximum Gasteiger partial charge on any atom is 0.291 e. The van der Waals surface area contributed by atoms with Gasteiger partial charge in [-0.05, 0) is 12.8 Å². The molecule has 1 unspecified atom stereocenters. The van der Waals surface area contributed by atoms with E-state index in [0.717, 1.165) is 4.90 Å². The van der Waals surface area contributed by atoms with Crippen molar-refractivity contribution < 1.29 is 13.2 Å². The smallest absolute Gasteiger partial charge is 0.291 e. The molecule has 19 heavy (non-hydrogen) atoms. The van der Waals surface area contributed by atoms with Crippen LogP contribution in [0.5, 0.6) is 0 Å². The lowest BCUT2D eigenvalue weighted by Crippen LogP contribution is -2.43. The van der Waals surface area contributed by atoms with E-state index in [1.54, 1.807) is 24.3 Å². The van der Waals surface area contributed by atoms with E-state index < -0.39 is 24.6 Å². The minimum Gasteiger partial charge on any atom is -0.347 e. The maximum atomic E-state index is 13.6. The van der Waals surface area contributed by atoms with Crippen LogP contribution in [0.2, 0.25) is 0 Å². The number of hydrogen-bond acceptors (Lipinski definition) is 2. The van der Waals surface area contributed by atoms with E-state index in [1.807, 2.05) is 0 Å². The molecule has 1 aromatic carbocycles. The lowest BCUT2D eigenvalue weighted by atomic mass is 9.80. The second-order valence-corrected chi connectivity index (χ2v) is 4.63. The Balaban J connectivity index is 2.35. The number of nitrogens with zero attached hydrogens (tertiary/aromatic N) is 2. The standard InChI is InChI=1S/C11H9B2F3N2S/c12-8-4-2-1-3-7(8)9(17-19)18-5-10(13,14)11(15,16)6-18/h1-4,19H,5-6H2/b17-9+. The molecule has 1 fully saturated rings. The van der Waals surface area contributed by atoms with Gasteiger partial charge in [0.05, 0.1) is 13.1 Å². The molecule has 4 radical (unpaired) electrons. The van der Waals surface area contributed by atoms with Gasteiger partial charge in [-0.3, -0.25) is 0 Å². The first kappa shape index (κ1) is 14.4. The molecule has 0 amide bonds. The van der Waals surface area contributed by atoms with Gasteiger partial charge in [-0.15, -0.1) is 0 Å². The van der Waals surface area contributed by atoms with Crippen molar-refractivity contribution in [3.8, 4) is 0 Å². The van der Waals surface area contributed by atoms with Gasteiger partial charge >= 0.3 is 0 Å². The van der Waals surface area contributed by atoms with E-state index in [1.165, 1.54) is 0 Å². The molecular weight excluding hydrogens is 271 g/mol. The van der Waals surface area contributed by atoms with Gasteiger partial charge in [-0.25, -0.2) is 17.6 Å². The van der Waals surface area contributed by atoms with Crippen LogP contribution in [-0.4, -0.2) is 51.0 Å². The third-order valence-electron chi connectivity index (χ3n) is 3.01. The highest BCUT2D eigenvalue weighted by Gasteiger charge is 2.58. The van der Waals surface area contributed by atoms with Crippen LogP contribution in [0.4, 0.5) is 13.2 Å². The van der Waals surface area contributed by atoms with Crippen LogP contribution in [-0.2, 0) is 0 Å². The number of hydrogen-bond donors (Lipinski definition) is 1. The van der Waals surface area contributed by atoms with Crippen molar-refractivity contribution in [1.82, 2.24) is 4.90 Å². The van der Waals surface area contributed by atoms with Gasteiger partial charge in [0, 0.05) is 5.56 Å². The Morgan fingerprint density at radius 2 is 1.89 bits per heavy atom. The summed E-state index contributed by atoms with van der Waals surface area (Å²) in [5.41, 5.74) is -2.35. The van der Waals surface area contributed by atoms with Gasteiger partial charge in [0.15, 0.2) is 0 Å². The number of alkyl halides is 3. The van der Waals surface area contributed by atoms with Crippen LogP contribution in [0.3, 0.4) is 0 Å². The molecule has 0 aromatic heterocycles. The molecule has 0 aliphatic carbocycles. The van der Waals surface area contributed by atoms with Crippen LogP contribution < -0.4 is 5.46 Å². The Labute approximate surface area is 117 Å². The van der Waals surface area contributed by atoms with E-state index in [0.29, 0.717) is 11.0 Å². The molecule has 1 aliphatic rings. The zero-order valence-corrected chi connectivity index (χ0v) is 10.7. The zero-order chi connectivity index (χ0) is 14.3. The largest absolute Gasteiger partial charge is 0.347 e. The summed E-state index contributed by atoms with van der Waals surface area (Å²) < 4.78 is 44.1. The summed E-state index contributed by atoms with van der Waals surface area (Å²) in [6, 6.07) is 6.55. The number of rotatable bonds is 1. The molecule has 1 heterocycles. The Hall–Kier alpha value is -1.04. The van der Waals surface area contributed by atoms with Crippen LogP contribution in [0.25, 0.3) is 0 Å². The summed E-state index contributed by atoms with van der Waals surface area (Å²) in [6.45, 7) is -1.54. The molecular formula is C11H9B2F3N2S. The van der Waals surface area contributed by atoms with E-state index in [4.69, 9.17) is 15.7 Å². The first-order valence-corrected chi connectivity index (χ1v) is 5.86. The number of amidine groups is 1. The Kier molecular flexibility index (Phi) is 3.64. The first-order chi connectivity index (χ1) is 8.78. The minimum atomic E-state index is -3.65. The highest BCUT2D eigenvalue weighted by atomic mass is 32.1.